The smallest absolute Gasteiger partial charge is 0.307 e. The minimum atomic E-state index is -0.668. The van der Waals surface area contributed by atoms with Gasteiger partial charge in [-0.05, 0) is 30.3 Å². The van der Waals surface area contributed by atoms with E-state index in [1.54, 1.807) is 18.2 Å². The number of esters is 1. The molecule has 2 rings (SSSR count). The monoisotopic (exact) mass is 378 g/mol. The number of benzene rings is 2. The van der Waals surface area contributed by atoms with Crippen LogP contribution in [-0.4, -0.2) is 29.2 Å². The number of para-hydroxylation sites is 2. The normalized spacial score (nSPS) is 10.2. The van der Waals surface area contributed by atoms with E-state index >= 15 is 0 Å². The minimum absolute atomic E-state index is 0.0328. The van der Waals surface area contributed by atoms with E-state index < -0.39 is 23.4 Å². The molecule has 0 saturated carbocycles. The molecule has 0 aliphatic rings. The Hall–Kier alpha value is -2.94. The van der Waals surface area contributed by atoms with Crippen LogP contribution in [0, 0.1) is 15.9 Å². The van der Waals surface area contributed by atoms with Gasteiger partial charge < -0.3 is 10.1 Å². The average molecular weight is 378 g/mol. The molecule has 26 heavy (non-hydrogen) atoms. The summed E-state index contributed by atoms with van der Waals surface area (Å²) in [5.41, 5.74) is -0.215. The standard InChI is InChI=1S/C17H15FN2O5S/c18-12-5-7-13(8-6-12)26-10-9-17(22)25-11-16(21)19-14-3-1-2-4-15(14)20(23)24/h1-8H,9-11H2,(H,19,21). The zero-order valence-electron chi connectivity index (χ0n) is 13.5. The number of nitro benzene ring substituents is 1. The second-order valence-electron chi connectivity index (χ2n) is 5.04. The number of anilines is 1. The van der Waals surface area contributed by atoms with Gasteiger partial charge in [0, 0.05) is 16.7 Å². The Balaban J connectivity index is 1.72. The number of nitrogens with one attached hydrogen (secondary N) is 1. The van der Waals surface area contributed by atoms with Crippen LogP contribution >= 0.6 is 11.8 Å². The van der Waals surface area contributed by atoms with Gasteiger partial charge in [-0.15, -0.1) is 11.8 Å². The van der Waals surface area contributed by atoms with Gasteiger partial charge >= 0.3 is 5.97 Å². The molecule has 0 atom stereocenters. The summed E-state index contributed by atoms with van der Waals surface area (Å²) in [6, 6.07) is 11.5. The van der Waals surface area contributed by atoms with Gasteiger partial charge in [-0.3, -0.25) is 19.7 Å². The van der Waals surface area contributed by atoms with E-state index in [1.807, 2.05) is 0 Å². The number of halogens is 1. The summed E-state index contributed by atoms with van der Waals surface area (Å²) in [4.78, 5) is 34.5. The maximum atomic E-state index is 12.8. The lowest BCUT2D eigenvalue weighted by atomic mass is 10.2. The van der Waals surface area contributed by atoms with Crippen molar-refractivity contribution in [2.75, 3.05) is 17.7 Å². The van der Waals surface area contributed by atoms with Crippen LogP contribution in [0.3, 0.4) is 0 Å². The number of rotatable bonds is 8. The molecule has 1 amide bonds. The van der Waals surface area contributed by atoms with Crippen molar-refractivity contribution >= 4 is 35.0 Å². The van der Waals surface area contributed by atoms with E-state index in [1.165, 1.54) is 42.1 Å². The number of nitro groups is 1. The van der Waals surface area contributed by atoms with Gasteiger partial charge in [0.25, 0.3) is 11.6 Å². The van der Waals surface area contributed by atoms with Crippen LogP contribution in [0.1, 0.15) is 6.42 Å². The molecule has 136 valence electrons. The molecule has 0 heterocycles. The molecule has 0 aromatic heterocycles. The van der Waals surface area contributed by atoms with Gasteiger partial charge in [0.2, 0.25) is 0 Å². The summed E-state index contributed by atoms with van der Waals surface area (Å²) in [5, 5.41) is 13.2. The van der Waals surface area contributed by atoms with Crippen LogP contribution in [0.25, 0.3) is 0 Å². The highest BCUT2D eigenvalue weighted by Crippen LogP contribution is 2.23. The first kappa shape index (κ1) is 19.4. The number of thioether (sulfide) groups is 1. The predicted molar refractivity (Wildman–Crippen MR) is 94.4 cm³/mol. The zero-order chi connectivity index (χ0) is 18.9. The molecule has 0 spiro atoms. The van der Waals surface area contributed by atoms with Crippen molar-refractivity contribution in [3.05, 3.63) is 64.5 Å². The third kappa shape index (κ3) is 6.17. The Morgan fingerprint density at radius 3 is 2.54 bits per heavy atom. The molecular weight excluding hydrogens is 363 g/mol. The lowest BCUT2D eigenvalue weighted by Crippen LogP contribution is -2.21. The summed E-state index contributed by atoms with van der Waals surface area (Å²) in [5.74, 6) is -1.16. The van der Waals surface area contributed by atoms with Crippen molar-refractivity contribution in [1.82, 2.24) is 0 Å². The number of hydrogen-bond donors (Lipinski definition) is 1. The van der Waals surface area contributed by atoms with Crippen molar-refractivity contribution < 1.29 is 23.6 Å². The molecule has 0 bridgehead atoms. The van der Waals surface area contributed by atoms with E-state index in [9.17, 15) is 24.1 Å². The summed E-state index contributed by atoms with van der Waals surface area (Å²) in [6.07, 6.45) is 0.0702. The van der Waals surface area contributed by atoms with Crippen LogP contribution in [0.5, 0.6) is 0 Å². The van der Waals surface area contributed by atoms with Crippen LogP contribution in [-0.2, 0) is 14.3 Å². The Labute approximate surface area is 152 Å². The molecule has 1 N–H and O–H groups in total. The molecule has 0 fully saturated rings. The van der Waals surface area contributed by atoms with Crippen LogP contribution in [0.2, 0.25) is 0 Å². The molecule has 7 nitrogen and oxygen atoms in total. The number of carbonyl (C=O) groups excluding carboxylic acids is 2. The number of ether oxygens (including phenoxy) is 1. The summed E-state index contributed by atoms with van der Waals surface area (Å²) in [6.45, 7) is -0.536. The largest absolute Gasteiger partial charge is 0.456 e. The van der Waals surface area contributed by atoms with Crippen molar-refractivity contribution in [3.63, 3.8) is 0 Å². The van der Waals surface area contributed by atoms with Crippen molar-refractivity contribution in [1.29, 1.82) is 0 Å². The highest BCUT2D eigenvalue weighted by molar-refractivity contribution is 7.99. The molecule has 0 saturated heterocycles. The fourth-order valence-corrected chi connectivity index (χ4v) is 2.76. The number of carbonyl (C=O) groups is 2. The van der Waals surface area contributed by atoms with Gasteiger partial charge in [0.05, 0.1) is 11.3 Å². The number of amides is 1. The first-order chi connectivity index (χ1) is 12.5. The van der Waals surface area contributed by atoms with Crippen molar-refractivity contribution in [2.45, 2.75) is 11.3 Å². The molecule has 2 aromatic carbocycles. The highest BCUT2D eigenvalue weighted by atomic mass is 32.2. The van der Waals surface area contributed by atoms with Crippen molar-refractivity contribution in [2.24, 2.45) is 0 Å². The number of nitrogens with zero attached hydrogens (tertiary/aromatic N) is 1. The highest BCUT2D eigenvalue weighted by Gasteiger charge is 2.15. The molecule has 9 heteroatoms. The topological polar surface area (TPSA) is 98.5 Å². The van der Waals surface area contributed by atoms with Crippen LogP contribution < -0.4 is 5.32 Å². The van der Waals surface area contributed by atoms with E-state index in [0.717, 1.165) is 4.90 Å². The maximum absolute atomic E-state index is 12.8. The quantitative estimate of drug-likeness (QED) is 0.327. The summed E-state index contributed by atoms with van der Waals surface area (Å²) >= 11 is 1.36. The second-order valence-corrected chi connectivity index (χ2v) is 6.20. The van der Waals surface area contributed by atoms with Crippen LogP contribution in [0.15, 0.2) is 53.4 Å². The zero-order valence-corrected chi connectivity index (χ0v) is 14.3. The lowest BCUT2D eigenvalue weighted by Gasteiger charge is -2.07. The van der Waals surface area contributed by atoms with Gasteiger partial charge in [-0.2, -0.15) is 0 Å². The van der Waals surface area contributed by atoms with Crippen molar-refractivity contribution in [3.8, 4) is 0 Å². The first-order valence-electron chi connectivity index (χ1n) is 7.53. The molecular formula is C17H15FN2O5S. The molecule has 0 radical (unpaired) electrons. The van der Waals surface area contributed by atoms with E-state index in [-0.39, 0.29) is 23.6 Å². The van der Waals surface area contributed by atoms with Crippen LogP contribution in [0.4, 0.5) is 15.8 Å². The molecule has 2 aromatic rings. The van der Waals surface area contributed by atoms with E-state index in [2.05, 4.69) is 5.32 Å². The SMILES string of the molecule is O=C(COC(=O)CCSc1ccc(F)cc1)Nc1ccccc1[N+](=O)[O-]. The minimum Gasteiger partial charge on any atom is -0.456 e. The van der Waals surface area contributed by atoms with Gasteiger partial charge in [-0.25, -0.2) is 4.39 Å². The summed E-state index contributed by atoms with van der Waals surface area (Å²) in [7, 11) is 0. The average Bonchev–Trinajstić information content (AvgIpc) is 2.62. The predicted octanol–water partition coefficient (Wildman–Crippen LogP) is 3.40. The molecule has 0 unspecified atom stereocenters. The van der Waals surface area contributed by atoms with Gasteiger partial charge in [0.15, 0.2) is 6.61 Å². The molecule has 0 aliphatic heterocycles. The first-order valence-corrected chi connectivity index (χ1v) is 8.51. The van der Waals surface area contributed by atoms with E-state index in [4.69, 9.17) is 4.74 Å². The van der Waals surface area contributed by atoms with Gasteiger partial charge in [0.1, 0.15) is 11.5 Å². The Bertz CT molecular complexity index is 798. The Morgan fingerprint density at radius 1 is 1.15 bits per heavy atom. The fourth-order valence-electron chi connectivity index (χ4n) is 1.93. The van der Waals surface area contributed by atoms with E-state index in [0.29, 0.717) is 5.75 Å². The number of hydrogen-bond acceptors (Lipinski definition) is 6. The molecule has 0 aliphatic carbocycles. The van der Waals surface area contributed by atoms with Gasteiger partial charge in [-0.1, -0.05) is 12.1 Å². The third-order valence-corrected chi connectivity index (χ3v) is 4.14. The Kier molecular flexibility index (Phi) is 7.10. The second kappa shape index (κ2) is 9.52. The Morgan fingerprint density at radius 2 is 1.85 bits per heavy atom. The third-order valence-electron chi connectivity index (χ3n) is 3.13. The maximum Gasteiger partial charge on any atom is 0.307 e. The summed E-state index contributed by atoms with van der Waals surface area (Å²) < 4.78 is 17.6. The fraction of sp³-hybridized carbons (Fsp3) is 0.176. The lowest BCUT2D eigenvalue weighted by molar-refractivity contribution is -0.383.